The van der Waals surface area contributed by atoms with Crippen molar-refractivity contribution in [2.24, 2.45) is 0 Å². The second-order valence-corrected chi connectivity index (χ2v) is 4.96. The van der Waals surface area contributed by atoms with Gasteiger partial charge in [0.1, 0.15) is 17.3 Å². The maximum atomic E-state index is 5.79. The lowest BCUT2D eigenvalue weighted by Crippen LogP contribution is -2.33. The molecule has 94 valence electrons. The van der Waals surface area contributed by atoms with E-state index >= 15 is 0 Å². The van der Waals surface area contributed by atoms with E-state index < -0.39 is 0 Å². The predicted molar refractivity (Wildman–Crippen MR) is 70.4 cm³/mol. The van der Waals surface area contributed by atoms with Gasteiger partial charge in [-0.25, -0.2) is 9.97 Å². The van der Waals surface area contributed by atoms with Gasteiger partial charge in [0, 0.05) is 25.2 Å². The second-order valence-electron chi connectivity index (χ2n) is 4.57. The number of nitrogens with one attached hydrogen (secondary N) is 1. The quantitative estimate of drug-likeness (QED) is 0.820. The van der Waals surface area contributed by atoms with Gasteiger partial charge in [0.2, 0.25) is 0 Å². The molecule has 4 nitrogen and oxygen atoms in total. The van der Waals surface area contributed by atoms with Gasteiger partial charge in [0.05, 0.1) is 0 Å². The fraction of sp³-hybridized carbons (Fsp3) is 0.667. The summed E-state index contributed by atoms with van der Waals surface area (Å²) in [6.45, 7) is 1.92. The van der Waals surface area contributed by atoms with Crippen LogP contribution < -0.4 is 5.32 Å². The van der Waals surface area contributed by atoms with Gasteiger partial charge in [0.15, 0.2) is 0 Å². The summed E-state index contributed by atoms with van der Waals surface area (Å²) >= 11 is 5.79. The number of anilines is 1. The normalized spacial score (nSPS) is 16.6. The molecule has 1 aromatic heterocycles. The van der Waals surface area contributed by atoms with E-state index in [9.17, 15) is 0 Å². The Bertz CT molecular complexity index is 352. The van der Waals surface area contributed by atoms with E-state index in [0.29, 0.717) is 5.15 Å². The lowest BCUT2D eigenvalue weighted by molar-refractivity contribution is 0.254. The Labute approximate surface area is 107 Å². The molecule has 0 atom stereocenters. The minimum atomic E-state index is 0.478. The summed E-state index contributed by atoms with van der Waals surface area (Å²) < 4.78 is 0. The first-order valence-corrected chi connectivity index (χ1v) is 6.55. The maximum Gasteiger partial charge on any atom is 0.134 e. The number of likely N-dealkylation sites (N-methyl/N-ethyl adjacent to an activating group) is 1. The van der Waals surface area contributed by atoms with Gasteiger partial charge in [-0.1, -0.05) is 24.4 Å². The minimum absolute atomic E-state index is 0.478. The van der Waals surface area contributed by atoms with E-state index in [-0.39, 0.29) is 0 Å². The topological polar surface area (TPSA) is 41.0 Å². The molecular formula is C12H19ClN4. The highest BCUT2D eigenvalue weighted by Gasteiger charge is 2.18. The van der Waals surface area contributed by atoms with Crippen LogP contribution in [0.5, 0.6) is 0 Å². The molecule has 1 saturated carbocycles. The summed E-state index contributed by atoms with van der Waals surface area (Å²) in [5, 5.41) is 3.74. The van der Waals surface area contributed by atoms with Crippen LogP contribution in [-0.2, 0) is 0 Å². The predicted octanol–water partition coefficient (Wildman–Crippen LogP) is 2.42. The van der Waals surface area contributed by atoms with Gasteiger partial charge in [-0.15, -0.1) is 0 Å². The summed E-state index contributed by atoms with van der Waals surface area (Å²) in [6, 6.07) is 2.52. The molecule has 5 heteroatoms. The molecule has 0 aliphatic heterocycles. The fourth-order valence-corrected chi connectivity index (χ4v) is 2.47. The molecule has 0 spiro atoms. The standard InChI is InChI=1S/C12H19ClN4/c1-17(10-4-2-3-5-10)7-6-14-12-8-11(13)15-9-16-12/h8-10H,2-7H2,1H3,(H,14,15,16). The molecule has 1 aliphatic rings. The second kappa shape index (κ2) is 6.17. The third-order valence-corrected chi connectivity index (χ3v) is 3.56. The highest BCUT2D eigenvalue weighted by Crippen LogP contribution is 2.21. The number of rotatable bonds is 5. The third-order valence-electron chi connectivity index (χ3n) is 3.35. The molecular weight excluding hydrogens is 236 g/mol. The Morgan fingerprint density at radius 2 is 2.18 bits per heavy atom. The van der Waals surface area contributed by atoms with Crippen LogP contribution in [0.15, 0.2) is 12.4 Å². The molecule has 0 bridgehead atoms. The largest absolute Gasteiger partial charge is 0.369 e. The summed E-state index contributed by atoms with van der Waals surface area (Å²) in [6.07, 6.45) is 6.92. The zero-order valence-corrected chi connectivity index (χ0v) is 11.0. The maximum absolute atomic E-state index is 5.79. The lowest BCUT2D eigenvalue weighted by atomic mass is 10.2. The van der Waals surface area contributed by atoms with Crippen molar-refractivity contribution in [3.63, 3.8) is 0 Å². The van der Waals surface area contributed by atoms with Gasteiger partial charge in [0.25, 0.3) is 0 Å². The smallest absolute Gasteiger partial charge is 0.134 e. The van der Waals surface area contributed by atoms with Crippen molar-refractivity contribution in [1.29, 1.82) is 0 Å². The third kappa shape index (κ3) is 3.82. The Balaban J connectivity index is 1.71. The Kier molecular flexibility index (Phi) is 4.57. The van der Waals surface area contributed by atoms with E-state index in [2.05, 4.69) is 27.2 Å². The molecule has 0 aromatic carbocycles. The van der Waals surface area contributed by atoms with Crippen LogP contribution in [0.25, 0.3) is 0 Å². The van der Waals surface area contributed by atoms with E-state index in [1.807, 2.05) is 0 Å². The van der Waals surface area contributed by atoms with Crippen LogP contribution >= 0.6 is 11.6 Å². The molecule has 0 unspecified atom stereocenters. The number of nitrogens with zero attached hydrogens (tertiary/aromatic N) is 3. The first-order chi connectivity index (χ1) is 8.25. The molecule has 0 radical (unpaired) electrons. The van der Waals surface area contributed by atoms with Crippen molar-refractivity contribution >= 4 is 17.4 Å². The van der Waals surface area contributed by atoms with E-state index in [1.165, 1.54) is 32.0 Å². The van der Waals surface area contributed by atoms with Gasteiger partial charge < -0.3 is 10.2 Å². The fourth-order valence-electron chi connectivity index (χ4n) is 2.32. The highest BCUT2D eigenvalue weighted by atomic mass is 35.5. The molecule has 1 fully saturated rings. The summed E-state index contributed by atoms with van der Waals surface area (Å²) in [7, 11) is 2.20. The average molecular weight is 255 g/mol. The monoisotopic (exact) mass is 254 g/mol. The Hall–Kier alpha value is -0.870. The Morgan fingerprint density at radius 1 is 1.41 bits per heavy atom. The Morgan fingerprint density at radius 3 is 2.88 bits per heavy atom. The molecule has 1 heterocycles. The van der Waals surface area contributed by atoms with Crippen LogP contribution in [-0.4, -0.2) is 41.0 Å². The van der Waals surface area contributed by atoms with Crippen molar-refractivity contribution < 1.29 is 0 Å². The van der Waals surface area contributed by atoms with Crippen LogP contribution in [0.3, 0.4) is 0 Å². The van der Waals surface area contributed by atoms with Gasteiger partial charge in [-0.3, -0.25) is 0 Å². The summed E-state index contributed by atoms with van der Waals surface area (Å²) in [5.41, 5.74) is 0. The molecule has 0 amide bonds. The first-order valence-electron chi connectivity index (χ1n) is 6.17. The van der Waals surface area contributed by atoms with E-state index in [0.717, 1.165) is 24.9 Å². The lowest BCUT2D eigenvalue weighted by Gasteiger charge is -2.23. The first kappa shape index (κ1) is 12.6. The molecule has 1 aliphatic carbocycles. The number of halogens is 1. The highest BCUT2D eigenvalue weighted by molar-refractivity contribution is 6.29. The zero-order chi connectivity index (χ0) is 12.1. The minimum Gasteiger partial charge on any atom is -0.369 e. The van der Waals surface area contributed by atoms with Gasteiger partial charge >= 0.3 is 0 Å². The molecule has 0 saturated heterocycles. The van der Waals surface area contributed by atoms with Crippen molar-refractivity contribution in [2.75, 3.05) is 25.5 Å². The SMILES string of the molecule is CN(CCNc1cc(Cl)ncn1)C1CCCC1. The van der Waals surface area contributed by atoms with Crippen molar-refractivity contribution in [3.05, 3.63) is 17.5 Å². The van der Waals surface area contributed by atoms with E-state index in [1.54, 1.807) is 6.07 Å². The van der Waals surface area contributed by atoms with Crippen LogP contribution in [0.1, 0.15) is 25.7 Å². The number of hydrogen-bond donors (Lipinski definition) is 1. The van der Waals surface area contributed by atoms with Crippen molar-refractivity contribution in [1.82, 2.24) is 14.9 Å². The van der Waals surface area contributed by atoms with Crippen LogP contribution in [0.4, 0.5) is 5.82 Å². The van der Waals surface area contributed by atoms with Gasteiger partial charge in [-0.05, 0) is 19.9 Å². The molecule has 1 N–H and O–H groups in total. The molecule has 1 aromatic rings. The summed E-state index contributed by atoms with van der Waals surface area (Å²) in [5.74, 6) is 0.796. The van der Waals surface area contributed by atoms with Crippen LogP contribution in [0.2, 0.25) is 5.15 Å². The van der Waals surface area contributed by atoms with Crippen molar-refractivity contribution in [3.8, 4) is 0 Å². The number of hydrogen-bond acceptors (Lipinski definition) is 4. The summed E-state index contributed by atoms with van der Waals surface area (Å²) in [4.78, 5) is 10.4. The number of aromatic nitrogens is 2. The zero-order valence-electron chi connectivity index (χ0n) is 10.2. The van der Waals surface area contributed by atoms with Crippen LogP contribution in [0, 0.1) is 0 Å². The average Bonchev–Trinajstić information content (AvgIpc) is 2.82. The van der Waals surface area contributed by atoms with E-state index in [4.69, 9.17) is 11.6 Å². The molecule has 17 heavy (non-hydrogen) atoms. The van der Waals surface area contributed by atoms with Gasteiger partial charge in [-0.2, -0.15) is 0 Å². The van der Waals surface area contributed by atoms with Crippen molar-refractivity contribution in [2.45, 2.75) is 31.7 Å². The molecule has 2 rings (SSSR count).